The Morgan fingerprint density at radius 2 is 1.73 bits per heavy atom. The first kappa shape index (κ1) is 28.3. The number of nitrogens with zero attached hydrogens (tertiary/aromatic N) is 1. The van der Waals surface area contributed by atoms with Crippen LogP contribution in [0.25, 0.3) is 0 Å². The molecule has 1 saturated heterocycles. The largest absolute Gasteiger partial charge is 0.484 e. The van der Waals surface area contributed by atoms with Gasteiger partial charge < -0.3 is 15.0 Å². The molecule has 8 nitrogen and oxygen atoms in total. The van der Waals surface area contributed by atoms with Crippen molar-refractivity contribution in [1.82, 2.24) is 4.98 Å². The molecule has 7 atom stereocenters. The van der Waals surface area contributed by atoms with E-state index < -0.39 is 5.82 Å². The lowest BCUT2D eigenvalue weighted by Crippen LogP contribution is -2.42. The number of H-pyrrole nitrogens is 1. The number of carbonyl (C=O) groups excluding carboxylic acids is 3. The second-order valence-electron chi connectivity index (χ2n) is 12.2. The molecule has 6 unspecified atom stereocenters. The summed E-state index contributed by atoms with van der Waals surface area (Å²) in [7, 11) is 0. The Bertz CT molecular complexity index is 1910. The molecule has 3 heterocycles. The van der Waals surface area contributed by atoms with Gasteiger partial charge in [-0.1, -0.05) is 41.2 Å². The SMILES string of the molecule is Cc1ccc(N2C(=O)C3C4CC(C3C2=O)C2C4Sc3[nH]c(=O)sc3[C@@H]2c2cccc(OCC(=O)Nc3ccc(F)cc3)c2)cc1. The van der Waals surface area contributed by atoms with Crippen molar-refractivity contribution in [3.63, 3.8) is 0 Å². The van der Waals surface area contributed by atoms with Crippen molar-refractivity contribution in [1.29, 1.82) is 0 Å². The Hall–Kier alpha value is -4.22. The molecule has 228 valence electrons. The molecule has 3 aromatic carbocycles. The highest BCUT2D eigenvalue weighted by molar-refractivity contribution is 8.00. The highest BCUT2D eigenvalue weighted by Gasteiger charge is 2.69. The number of aryl methyl sites for hydroxylation is 1. The molecule has 2 aliphatic heterocycles. The zero-order valence-corrected chi connectivity index (χ0v) is 25.7. The zero-order valence-electron chi connectivity index (χ0n) is 24.1. The first-order valence-corrected chi connectivity index (χ1v) is 16.6. The number of thiazole rings is 1. The van der Waals surface area contributed by atoms with Gasteiger partial charge in [-0.3, -0.25) is 24.1 Å². The number of benzene rings is 3. The maximum absolute atomic E-state index is 14.0. The summed E-state index contributed by atoms with van der Waals surface area (Å²) < 4.78 is 19.1. The van der Waals surface area contributed by atoms with E-state index in [1.807, 2.05) is 49.4 Å². The van der Waals surface area contributed by atoms with Crippen LogP contribution in [0, 0.1) is 42.3 Å². The molecule has 3 fully saturated rings. The van der Waals surface area contributed by atoms with Gasteiger partial charge in [0.15, 0.2) is 6.61 Å². The number of imide groups is 1. The van der Waals surface area contributed by atoms with Crippen LogP contribution in [0.15, 0.2) is 82.6 Å². The Labute approximate surface area is 266 Å². The summed E-state index contributed by atoms with van der Waals surface area (Å²) in [6.07, 6.45) is 0.798. The van der Waals surface area contributed by atoms with Gasteiger partial charge in [-0.15, -0.1) is 11.8 Å². The van der Waals surface area contributed by atoms with Crippen LogP contribution >= 0.6 is 23.1 Å². The monoisotopic (exact) mass is 641 g/mol. The molecular weight excluding hydrogens is 614 g/mol. The maximum Gasteiger partial charge on any atom is 0.305 e. The van der Waals surface area contributed by atoms with Gasteiger partial charge in [0.2, 0.25) is 11.8 Å². The lowest BCUT2D eigenvalue weighted by molar-refractivity contribution is -0.123. The number of carbonyl (C=O) groups is 3. The summed E-state index contributed by atoms with van der Waals surface area (Å²) in [5, 5.41) is 3.60. The van der Waals surface area contributed by atoms with Crippen molar-refractivity contribution in [2.45, 2.75) is 29.5 Å². The molecule has 3 amide bonds. The smallest absolute Gasteiger partial charge is 0.305 e. The number of aromatic amines is 1. The van der Waals surface area contributed by atoms with Crippen molar-refractivity contribution in [2.24, 2.45) is 29.6 Å². The number of thioether (sulfide) groups is 1. The number of anilines is 2. The van der Waals surface area contributed by atoms with E-state index >= 15 is 0 Å². The van der Waals surface area contributed by atoms with Crippen LogP contribution in [0.5, 0.6) is 5.75 Å². The molecule has 2 saturated carbocycles. The molecule has 0 spiro atoms. The standard InChI is InChI=1S/C34H28FN3O5S2/c1-16-5-11-20(12-6-16)38-32(40)27-22-14-23(28(27)33(38)41)29-26(22)25(30-31(44-29)37-34(42)45-30)17-3-2-4-21(13-17)43-15-24(39)36-19-9-7-18(35)8-10-19/h2-13,22-23,25-29H,14-15H2,1H3,(H,36,39)(H,37,42)/t22?,23?,25-,26?,27?,28?,29?/m1/s1. The number of fused-ring (bicyclic) bond motifs is 9. The fourth-order valence-electron chi connectivity index (χ4n) is 8.02. The molecule has 8 rings (SSSR count). The number of nitrogens with one attached hydrogen (secondary N) is 2. The van der Waals surface area contributed by atoms with Gasteiger partial charge >= 0.3 is 4.87 Å². The molecule has 2 N–H and O–H groups in total. The lowest BCUT2D eigenvalue weighted by Gasteiger charge is -2.43. The maximum atomic E-state index is 14.0. The quantitative estimate of drug-likeness (QED) is 0.266. The fraction of sp³-hybridized carbons (Fsp3) is 0.294. The molecule has 4 aromatic rings. The molecule has 2 aliphatic carbocycles. The minimum absolute atomic E-state index is 0.00851. The molecular formula is C34H28FN3O5S2. The average Bonchev–Trinajstić information content (AvgIpc) is 3.77. The van der Waals surface area contributed by atoms with E-state index in [0.29, 0.717) is 17.1 Å². The van der Waals surface area contributed by atoms with E-state index in [1.54, 1.807) is 17.8 Å². The van der Waals surface area contributed by atoms with E-state index in [4.69, 9.17) is 4.74 Å². The molecule has 11 heteroatoms. The third-order valence-electron chi connectivity index (χ3n) is 9.73. The summed E-state index contributed by atoms with van der Waals surface area (Å²) in [4.78, 5) is 58.2. The second kappa shape index (κ2) is 10.7. The van der Waals surface area contributed by atoms with Crippen LogP contribution in [0.4, 0.5) is 15.8 Å². The van der Waals surface area contributed by atoms with Crippen LogP contribution in [0.3, 0.4) is 0 Å². The molecule has 0 radical (unpaired) electrons. The number of hydrogen-bond acceptors (Lipinski definition) is 7. The minimum Gasteiger partial charge on any atom is -0.484 e. The van der Waals surface area contributed by atoms with Crippen LogP contribution in [-0.4, -0.2) is 34.6 Å². The van der Waals surface area contributed by atoms with Gasteiger partial charge in [0.05, 0.1) is 22.5 Å². The van der Waals surface area contributed by atoms with Crippen LogP contribution < -0.4 is 19.8 Å². The van der Waals surface area contributed by atoms with Crippen molar-refractivity contribution in [3.05, 3.63) is 104 Å². The zero-order chi connectivity index (χ0) is 31.0. The van der Waals surface area contributed by atoms with Gasteiger partial charge in [0.1, 0.15) is 11.6 Å². The highest BCUT2D eigenvalue weighted by Crippen LogP contribution is 2.68. The van der Waals surface area contributed by atoms with Crippen LogP contribution in [0.1, 0.15) is 28.3 Å². The van der Waals surface area contributed by atoms with Gasteiger partial charge in [0, 0.05) is 21.7 Å². The topological polar surface area (TPSA) is 109 Å². The Morgan fingerprint density at radius 1 is 1.00 bits per heavy atom. The number of aromatic nitrogens is 1. The van der Waals surface area contributed by atoms with Gasteiger partial charge in [0.25, 0.3) is 5.91 Å². The second-order valence-corrected chi connectivity index (χ2v) is 14.4. The average molecular weight is 642 g/mol. The summed E-state index contributed by atoms with van der Waals surface area (Å²) in [5.74, 6) is -1.37. The number of hydrogen-bond donors (Lipinski definition) is 2. The molecule has 45 heavy (non-hydrogen) atoms. The number of halogens is 1. The number of rotatable bonds is 6. The van der Waals surface area contributed by atoms with Crippen molar-refractivity contribution < 1.29 is 23.5 Å². The predicted molar refractivity (Wildman–Crippen MR) is 169 cm³/mol. The first-order valence-electron chi connectivity index (χ1n) is 14.9. The normalized spacial score (nSPS) is 27.7. The van der Waals surface area contributed by atoms with Gasteiger partial charge in [-0.05, 0) is 85.2 Å². The van der Waals surface area contributed by atoms with Gasteiger partial charge in [-0.25, -0.2) is 4.39 Å². The van der Waals surface area contributed by atoms with E-state index in [-0.39, 0.29) is 70.0 Å². The summed E-state index contributed by atoms with van der Waals surface area (Å²) in [6, 6.07) is 20.6. The summed E-state index contributed by atoms with van der Waals surface area (Å²) in [6.45, 7) is 1.73. The minimum atomic E-state index is -0.390. The Morgan fingerprint density at radius 3 is 2.49 bits per heavy atom. The molecule has 4 aliphatic rings. The van der Waals surface area contributed by atoms with E-state index in [1.165, 1.54) is 40.5 Å². The van der Waals surface area contributed by atoms with E-state index in [9.17, 15) is 23.6 Å². The van der Waals surface area contributed by atoms with Crippen molar-refractivity contribution in [3.8, 4) is 5.75 Å². The highest BCUT2D eigenvalue weighted by atomic mass is 32.2. The number of amides is 3. The third-order valence-corrected chi connectivity index (χ3v) is 12.3. The van der Waals surface area contributed by atoms with E-state index in [0.717, 1.165) is 27.5 Å². The fourth-order valence-corrected chi connectivity index (χ4v) is 10.9. The first-order chi connectivity index (χ1) is 21.8. The van der Waals surface area contributed by atoms with Gasteiger partial charge in [-0.2, -0.15) is 0 Å². The predicted octanol–water partition coefficient (Wildman–Crippen LogP) is 5.58. The summed E-state index contributed by atoms with van der Waals surface area (Å²) >= 11 is 2.84. The lowest BCUT2D eigenvalue weighted by atomic mass is 9.68. The van der Waals surface area contributed by atoms with Crippen molar-refractivity contribution >= 4 is 52.2 Å². The summed E-state index contributed by atoms with van der Waals surface area (Å²) in [5.41, 5.74) is 3.08. The third kappa shape index (κ3) is 4.63. The Kier molecular flexibility index (Phi) is 6.72. The van der Waals surface area contributed by atoms with E-state index in [2.05, 4.69) is 10.3 Å². The molecule has 2 bridgehead atoms. The number of ether oxygens (including phenoxy) is 1. The van der Waals surface area contributed by atoms with Crippen LogP contribution in [-0.2, 0) is 14.4 Å². The molecule has 1 aromatic heterocycles. The van der Waals surface area contributed by atoms with Crippen molar-refractivity contribution in [2.75, 3.05) is 16.8 Å². The Balaban J connectivity index is 1.08. The van der Waals surface area contributed by atoms with Crippen LogP contribution in [0.2, 0.25) is 0 Å².